The molecule has 12 nitrogen and oxygen atoms in total. The molecule has 2 heterocycles. The smallest absolute Gasteiger partial charge is 0.414 e. The highest BCUT2D eigenvalue weighted by molar-refractivity contribution is 6.47. The van der Waals surface area contributed by atoms with Gasteiger partial charge in [-0.1, -0.05) is 37.0 Å². The van der Waals surface area contributed by atoms with Crippen LogP contribution in [0, 0.1) is 16.7 Å². The second-order valence-electron chi connectivity index (χ2n) is 8.17. The lowest BCUT2D eigenvalue weighted by atomic mass is 9.84. The molecule has 0 spiro atoms. The molecule has 1 aliphatic rings. The predicted octanol–water partition coefficient (Wildman–Crippen LogP) is 3.28. The Kier molecular flexibility index (Phi) is 7.83. The monoisotopic (exact) mass is 521 g/mol. The molecule has 0 bridgehead atoms. The van der Waals surface area contributed by atoms with Crippen LogP contribution in [0.15, 0.2) is 28.1 Å². The van der Waals surface area contributed by atoms with Gasteiger partial charge in [0.05, 0.1) is 22.3 Å². The van der Waals surface area contributed by atoms with Crippen LogP contribution in [0.4, 0.5) is 16.2 Å². The molecule has 2 amide bonds. The first-order valence-corrected chi connectivity index (χ1v) is 11.0. The van der Waals surface area contributed by atoms with E-state index >= 15 is 0 Å². The Morgan fingerprint density at radius 1 is 1.29 bits per heavy atom. The molecule has 0 atom stereocenters. The van der Waals surface area contributed by atoms with E-state index in [1.807, 2.05) is 10.2 Å². The number of ether oxygens (including phenoxy) is 2. The molecule has 3 N–H and O–H groups in total. The molecule has 2 aromatic rings. The number of nitrogens with one attached hydrogen (secondary N) is 3. The van der Waals surface area contributed by atoms with E-state index in [-0.39, 0.29) is 44.9 Å². The maximum Gasteiger partial charge on any atom is 0.414 e. The Bertz CT molecular complexity index is 1250. The second-order valence-corrected chi connectivity index (χ2v) is 8.98. The van der Waals surface area contributed by atoms with Crippen LogP contribution < -0.4 is 25.9 Å². The van der Waals surface area contributed by atoms with Crippen molar-refractivity contribution in [1.82, 2.24) is 15.5 Å². The van der Waals surface area contributed by atoms with Crippen LogP contribution in [-0.2, 0) is 9.53 Å². The first-order valence-electron chi connectivity index (χ1n) is 10.3. The Balaban J connectivity index is 1.74. The van der Waals surface area contributed by atoms with Crippen molar-refractivity contribution in [2.75, 3.05) is 30.0 Å². The SMILES string of the molecule is CCOC(=O)NC(=O)C(C#N)=NNc1cc(Cl)c(Oc2cc(N3CC(C)(C)C3)c(=O)[nH]n2)c(Cl)c1. The number of halogens is 2. The number of nitrogens with zero attached hydrogens (tertiary/aromatic N) is 4. The largest absolute Gasteiger partial charge is 0.450 e. The summed E-state index contributed by atoms with van der Waals surface area (Å²) in [5.41, 5.74) is 2.24. The van der Waals surface area contributed by atoms with Crippen molar-refractivity contribution in [3.8, 4) is 17.7 Å². The van der Waals surface area contributed by atoms with Crippen molar-refractivity contribution in [2.24, 2.45) is 10.5 Å². The Hall–Kier alpha value is -3.82. The van der Waals surface area contributed by atoms with E-state index in [0.717, 1.165) is 0 Å². The number of alkyl carbamates (subject to hydrolysis) is 1. The molecule has 0 saturated carbocycles. The highest BCUT2D eigenvalue weighted by atomic mass is 35.5. The fourth-order valence-electron chi connectivity index (χ4n) is 3.22. The number of hydrogen-bond donors (Lipinski definition) is 3. The zero-order valence-corrected chi connectivity index (χ0v) is 20.5. The summed E-state index contributed by atoms with van der Waals surface area (Å²) in [6.45, 7) is 7.23. The zero-order valence-electron chi connectivity index (χ0n) is 18.9. The summed E-state index contributed by atoms with van der Waals surface area (Å²) in [5, 5.41) is 21.0. The number of aromatic amines is 1. The maximum absolute atomic E-state index is 12.2. The van der Waals surface area contributed by atoms with Crippen molar-refractivity contribution >= 4 is 52.3 Å². The minimum atomic E-state index is -1.05. The minimum absolute atomic E-state index is 0.0497. The lowest BCUT2D eigenvalue weighted by Crippen LogP contribution is -2.54. The van der Waals surface area contributed by atoms with Gasteiger partial charge in [0.25, 0.3) is 11.5 Å². The average Bonchev–Trinajstić information content (AvgIpc) is 2.76. The molecular formula is C21H21Cl2N7O5. The summed E-state index contributed by atoms with van der Waals surface area (Å²) >= 11 is 12.6. The highest BCUT2D eigenvalue weighted by Gasteiger charge is 2.35. The standard InChI is InChI=1S/C21H21Cl2N7O5/c1-4-34-20(33)25-18(31)14(8-24)27-26-11-5-12(22)17(13(23)6-11)35-16-7-15(19(32)29-28-16)30-9-21(2,3)10-30/h5-7,26H,4,9-10H2,1-3H3,(H,29,32)(H,25,31,33). The van der Waals surface area contributed by atoms with E-state index in [4.69, 9.17) is 33.2 Å². The number of hydrazone groups is 1. The van der Waals surface area contributed by atoms with E-state index in [1.54, 1.807) is 13.0 Å². The van der Waals surface area contributed by atoms with Crippen molar-refractivity contribution in [1.29, 1.82) is 5.26 Å². The molecule has 0 aliphatic carbocycles. The maximum atomic E-state index is 12.2. The van der Waals surface area contributed by atoms with Gasteiger partial charge in [0.2, 0.25) is 11.6 Å². The number of rotatable bonds is 7. The van der Waals surface area contributed by atoms with Crippen molar-refractivity contribution in [3.63, 3.8) is 0 Å². The third-order valence-electron chi connectivity index (χ3n) is 4.65. The number of carbonyl (C=O) groups is 2. The average molecular weight is 522 g/mol. The van der Waals surface area contributed by atoms with Gasteiger partial charge in [-0.15, -0.1) is 5.10 Å². The molecule has 0 unspecified atom stereocenters. The van der Waals surface area contributed by atoms with E-state index < -0.39 is 17.7 Å². The van der Waals surface area contributed by atoms with Crippen molar-refractivity contribution in [2.45, 2.75) is 20.8 Å². The summed E-state index contributed by atoms with van der Waals surface area (Å²) in [6.07, 6.45) is -1.01. The normalized spacial score (nSPS) is 14.4. The fraction of sp³-hybridized carbons (Fsp3) is 0.333. The molecule has 1 aromatic heterocycles. The number of benzene rings is 1. The first kappa shape index (κ1) is 25.8. The predicted molar refractivity (Wildman–Crippen MR) is 129 cm³/mol. The van der Waals surface area contributed by atoms with Gasteiger partial charge in [-0.2, -0.15) is 10.4 Å². The van der Waals surface area contributed by atoms with Gasteiger partial charge in [0.15, 0.2) is 5.75 Å². The number of nitriles is 1. The third kappa shape index (κ3) is 6.40. The van der Waals surface area contributed by atoms with E-state index in [1.165, 1.54) is 18.2 Å². The molecular weight excluding hydrogens is 501 g/mol. The zero-order chi connectivity index (χ0) is 25.8. The lowest BCUT2D eigenvalue weighted by Gasteiger charge is -2.46. The summed E-state index contributed by atoms with van der Waals surface area (Å²) in [6, 6.07) is 5.83. The molecule has 1 aromatic carbocycles. The van der Waals surface area contributed by atoms with Crippen LogP contribution >= 0.6 is 23.2 Å². The quantitative estimate of drug-likeness (QED) is 0.366. The molecule has 3 rings (SSSR count). The van der Waals surface area contributed by atoms with Gasteiger partial charge in [-0.05, 0) is 24.5 Å². The van der Waals surface area contributed by atoms with Crippen LogP contribution in [0.3, 0.4) is 0 Å². The highest BCUT2D eigenvalue weighted by Crippen LogP contribution is 2.39. The molecule has 35 heavy (non-hydrogen) atoms. The van der Waals surface area contributed by atoms with Gasteiger partial charge in [-0.3, -0.25) is 20.3 Å². The number of hydrogen-bond acceptors (Lipinski definition) is 10. The van der Waals surface area contributed by atoms with Gasteiger partial charge in [0.1, 0.15) is 11.8 Å². The number of imide groups is 1. The minimum Gasteiger partial charge on any atom is -0.450 e. The van der Waals surface area contributed by atoms with Crippen LogP contribution in [0.25, 0.3) is 0 Å². The van der Waals surface area contributed by atoms with Gasteiger partial charge in [-0.25, -0.2) is 9.89 Å². The molecule has 1 fully saturated rings. The van der Waals surface area contributed by atoms with E-state index in [2.05, 4.69) is 39.3 Å². The summed E-state index contributed by atoms with van der Waals surface area (Å²) in [5.74, 6) is -0.909. The van der Waals surface area contributed by atoms with Crippen molar-refractivity contribution in [3.05, 3.63) is 38.6 Å². The van der Waals surface area contributed by atoms with Gasteiger partial charge >= 0.3 is 6.09 Å². The first-order chi connectivity index (χ1) is 16.5. The molecule has 14 heteroatoms. The third-order valence-corrected chi connectivity index (χ3v) is 5.21. The summed E-state index contributed by atoms with van der Waals surface area (Å²) < 4.78 is 10.3. The fourth-order valence-corrected chi connectivity index (χ4v) is 3.78. The lowest BCUT2D eigenvalue weighted by molar-refractivity contribution is -0.114. The molecule has 1 saturated heterocycles. The number of H-pyrrole nitrogens is 1. The van der Waals surface area contributed by atoms with Crippen LogP contribution in [-0.4, -0.2) is 47.6 Å². The van der Waals surface area contributed by atoms with Crippen LogP contribution in [0.1, 0.15) is 20.8 Å². The van der Waals surface area contributed by atoms with Crippen molar-refractivity contribution < 1.29 is 19.1 Å². The molecule has 1 aliphatic heterocycles. The van der Waals surface area contributed by atoms with Crippen LogP contribution in [0.5, 0.6) is 11.6 Å². The Morgan fingerprint density at radius 2 is 1.94 bits per heavy atom. The topological polar surface area (TPSA) is 162 Å². The van der Waals surface area contributed by atoms with E-state index in [0.29, 0.717) is 18.8 Å². The summed E-state index contributed by atoms with van der Waals surface area (Å²) in [4.78, 5) is 37.3. The van der Waals surface area contributed by atoms with E-state index in [9.17, 15) is 14.4 Å². The number of anilines is 2. The molecule has 184 valence electrons. The molecule has 0 radical (unpaired) electrons. The number of aromatic nitrogens is 2. The van der Waals surface area contributed by atoms with Gasteiger partial charge in [0, 0.05) is 19.2 Å². The Labute approximate surface area is 209 Å². The summed E-state index contributed by atoms with van der Waals surface area (Å²) in [7, 11) is 0. The number of carbonyl (C=O) groups excluding carboxylic acids is 2. The number of amides is 2. The Morgan fingerprint density at radius 3 is 2.51 bits per heavy atom. The second kappa shape index (κ2) is 10.6. The van der Waals surface area contributed by atoms with Gasteiger partial charge < -0.3 is 14.4 Å². The van der Waals surface area contributed by atoms with Crippen LogP contribution in [0.2, 0.25) is 10.0 Å².